The highest BCUT2D eigenvalue weighted by molar-refractivity contribution is 7.86. The van der Waals surface area contributed by atoms with Crippen molar-refractivity contribution in [1.82, 2.24) is 0 Å². The van der Waals surface area contributed by atoms with Gasteiger partial charge in [0.1, 0.15) is 5.75 Å². The highest BCUT2D eigenvalue weighted by atomic mass is 32.2. The Labute approximate surface area is 363 Å². The van der Waals surface area contributed by atoms with Gasteiger partial charge in [0.15, 0.2) is 0 Å². The number of hydrogen-bond acceptors (Lipinski definition) is 15. The first-order chi connectivity index (χ1) is 29.0. The Morgan fingerprint density at radius 3 is 1.43 bits per heavy atom. The summed E-state index contributed by atoms with van der Waals surface area (Å²) in [6, 6.07) is 12.0. The van der Waals surface area contributed by atoms with Crippen LogP contribution in [0, 0.1) is 0 Å². The first kappa shape index (κ1) is 55.0. The van der Waals surface area contributed by atoms with Crippen LogP contribution < -0.4 is 4.74 Å². The van der Waals surface area contributed by atoms with E-state index in [2.05, 4.69) is 27.7 Å². The van der Waals surface area contributed by atoms with Crippen molar-refractivity contribution in [3.8, 4) is 5.75 Å². The molecule has 0 amide bonds. The van der Waals surface area contributed by atoms with Gasteiger partial charge in [-0.3, -0.25) is 27.5 Å². The molecule has 0 spiro atoms. The third kappa shape index (κ3) is 28.2. The van der Waals surface area contributed by atoms with E-state index in [1.54, 1.807) is 0 Å². The van der Waals surface area contributed by atoms with Crippen molar-refractivity contribution in [2.24, 2.45) is 0 Å². The number of hydrogen-bond donors (Lipinski definition) is 0. The van der Waals surface area contributed by atoms with Crippen molar-refractivity contribution >= 4 is 44.1 Å². The summed E-state index contributed by atoms with van der Waals surface area (Å²) in [5.74, 6) is -0.283. The van der Waals surface area contributed by atoms with Crippen LogP contribution in [0.4, 0.5) is 0 Å². The van der Waals surface area contributed by atoms with E-state index in [9.17, 15) is 36.0 Å². The normalized spacial score (nSPS) is 11.2. The fraction of sp³-hybridized carbons (Fsp3) is 0.636. The van der Waals surface area contributed by atoms with Gasteiger partial charge in [-0.05, 0) is 111 Å². The smallest absolute Gasteiger partial charge is 0.305 e. The Morgan fingerprint density at radius 2 is 0.902 bits per heavy atom. The largest absolute Gasteiger partial charge is 0.493 e. The van der Waals surface area contributed by atoms with Gasteiger partial charge < -0.3 is 23.7 Å². The van der Waals surface area contributed by atoms with E-state index in [0.717, 1.165) is 87.8 Å². The molecule has 0 saturated carbocycles. The first-order valence-corrected chi connectivity index (χ1v) is 24.4. The number of aryl methyl sites for hydroxylation is 4. The maximum atomic E-state index is 11.7. The van der Waals surface area contributed by atoms with E-state index >= 15 is 0 Å². The molecule has 0 aromatic heterocycles. The molecule has 0 unspecified atom stereocenters. The molecule has 0 fully saturated rings. The number of methoxy groups -OCH3 is 4. The Morgan fingerprint density at radius 1 is 0.459 bits per heavy atom. The highest BCUT2D eigenvalue weighted by Crippen LogP contribution is 2.24. The Hall–Kier alpha value is -4.06. The van der Waals surface area contributed by atoms with Gasteiger partial charge in [-0.1, -0.05) is 49.6 Å². The summed E-state index contributed by atoms with van der Waals surface area (Å²) in [6.07, 6.45) is 15.4. The lowest BCUT2D eigenvalue weighted by Gasteiger charge is -2.15. The zero-order chi connectivity index (χ0) is 45.5. The Bertz CT molecular complexity index is 1830. The van der Waals surface area contributed by atoms with Crippen molar-refractivity contribution in [3.63, 3.8) is 0 Å². The summed E-state index contributed by atoms with van der Waals surface area (Å²) in [4.78, 5) is 45.8. The van der Waals surface area contributed by atoms with Gasteiger partial charge in [-0.25, -0.2) is 0 Å². The van der Waals surface area contributed by atoms with E-state index in [0.29, 0.717) is 57.3 Å². The van der Waals surface area contributed by atoms with Crippen LogP contribution in [0.25, 0.3) is 0 Å². The van der Waals surface area contributed by atoms with Gasteiger partial charge in [0.2, 0.25) is 0 Å². The van der Waals surface area contributed by atoms with Crippen LogP contribution in [0.1, 0.15) is 118 Å². The van der Waals surface area contributed by atoms with Crippen LogP contribution >= 0.6 is 0 Å². The van der Waals surface area contributed by atoms with Crippen molar-refractivity contribution in [1.29, 1.82) is 0 Å². The van der Waals surface area contributed by atoms with Crippen LogP contribution in [-0.2, 0) is 98.8 Å². The number of benzene rings is 2. The molecule has 0 radical (unpaired) electrons. The van der Waals surface area contributed by atoms with Crippen LogP contribution in [0.15, 0.2) is 36.4 Å². The fourth-order valence-corrected chi connectivity index (χ4v) is 7.08. The number of unbranched alkanes of at least 4 members (excludes halogenated alkanes) is 7. The standard InChI is InChI=1S/C24H38O7S.C20H30O8S/c1-29-23(25)16-9-6-8-13-21-15-11-14-20(22(21)17-18-24(26)30-2)12-7-4-5-10-19-31-32(3,27)28;1-25-19(21)11-8-16-7-10-18(17(15-16)9-12-20(22)26-2)27-13-5-4-6-14-28-29(3,23)24/h11,14-15H,4-10,12-13,16-19H2,1-3H3;7,10,15H,4-6,8-9,11-14H2,1-3H3. The summed E-state index contributed by atoms with van der Waals surface area (Å²) in [5.41, 5.74) is 5.57. The van der Waals surface area contributed by atoms with Gasteiger partial charge in [0.25, 0.3) is 20.2 Å². The van der Waals surface area contributed by atoms with Gasteiger partial charge in [0.05, 0.1) is 60.8 Å². The van der Waals surface area contributed by atoms with Crippen LogP contribution in [-0.4, -0.2) is 101 Å². The zero-order valence-electron chi connectivity index (χ0n) is 37.0. The molecule has 2 aromatic rings. The molecule has 2 rings (SSSR count). The van der Waals surface area contributed by atoms with E-state index in [1.807, 2.05) is 18.2 Å². The average molecular weight is 901 g/mol. The molecule has 0 bridgehead atoms. The fourth-order valence-electron chi connectivity index (χ4n) is 6.24. The van der Waals surface area contributed by atoms with Crippen molar-refractivity contribution in [2.75, 3.05) is 60.8 Å². The summed E-state index contributed by atoms with van der Waals surface area (Å²) in [6.45, 7) is 0.860. The van der Waals surface area contributed by atoms with Gasteiger partial charge in [0, 0.05) is 25.7 Å². The van der Waals surface area contributed by atoms with Gasteiger partial charge >= 0.3 is 23.9 Å². The summed E-state index contributed by atoms with van der Waals surface area (Å²) >= 11 is 0. The molecule has 2 aromatic carbocycles. The summed E-state index contributed by atoms with van der Waals surface area (Å²) in [5, 5.41) is 0. The number of carbonyl (C=O) groups is 4. The van der Waals surface area contributed by atoms with Gasteiger partial charge in [-0.15, -0.1) is 0 Å². The van der Waals surface area contributed by atoms with Crippen LogP contribution in [0.3, 0.4) is 0 Å². The van der Waals surface area contributed by atoms with Crippen molar-refractivity contribution < 1.29 is 68.1 Å². The molecule has 61 heavy (non-hydrogen) atoms. The minimum Gasteiger partial charge on any atom is -0.493 e. The van der Waals surface area contributed by atoms with E-state index in [-0.39, 0.29) is 49.9 Å². The molecule has 0 aliphatic rings. The SMILES string of the molecule is COC(=O)CCCCCc1cccc(CCCCCCOS(C)(=O)=O)c1CCC(=O)OC.COC(=O)CCc1ccc(OCCCCCOS(C)(=O)=O)c(CCC(=O)OC)c1. The second-order valence-corrected chi connectivity index (χ2v) is 17.8. The maximum Gasteiger partial charge on any atom is 0.305 e. The van der Waals surface area contributed by atoms with Gasteiger partial charge in [-0.2, -0.15) is 16.8 Å². The lowest BCUT2D eigenvalue weighted by molar-refractivity contribution is -0.141. The monoisotopic (exact) mass is 900 g/mol. The molecule has 15 nitrogen and oxygen atoms in total. The van der Waals surface area contributed by atoms with E-state index < -0.39 is 20.2 Å². The number of esters is 4. The molecule has 0 atom stereocenters. The predicted molar refractivity (Wildman–Crippen MR) is 231 cm³/mol. The molecule has 0 saturated heterocycles. The lowest BCUT2D eigenvalue weighted by atomic mass is 9.91. The minimum absolute atomic E-state index is 0.165. The molecule has 346 valence electrons. The summed E-state index contributed by atoms with van der Waals surface area (Å²) in [7, 11) is -1.24. The topological polar surface area (TPSA) is 201 Å². The molecule has 17 heteroatoms. The predicted octanol–water partition coefficient (Wildman–Crippen LogP) is 6.57. The quantitative estimate of drug-likeness (QED) is 0.0340. The van der Waals surface area contributed by atoms with E-state index in [1.165, 1.54) is 45.1 Å². The first-order valence-electron chi connectivity index (χ1n) is 20.8. The average Bonchev–Trinajstić information content (AvgIpc) is 3.22. The van der Waals surface area contributed by atoms with Crippen LogP contribution in [0.2, 0.25) is 0 Å². The molecule has 0 aliphatic carbocycles. The lowest BCUT2D eigenvalue weighted by Crippen LogP contribution is -2.07. The zero-order valence-corrected chi connectivity index (χ0v) is 38.6. The van der Waals surface area contributed by atoms with Crippen molar-refractivity contribution in [3.05, 3.63) is 64.2 Å². The second kappa shape index (κ2) is 31.7. The molecule has 0 aliphatic heterocycles. The Kier molecular flexibility index (Phi) is 28.6. The molecular weight excluding hydrogens is 833 g/mol. The van der Waals surface area contributed by atoms with Crippen molar-refractivity contribution in [2.45, 2.75) is 122 Å². The molecular formula is C44H68O15S2. The van der Waals surface area contributed by atoms with Crippen LogP contribution in [0.5, 0.6) is 5.75 Å². The third-order valence-corrected chi connectivity index (χ3v) is 10.7. The summed E-state index contributed by atoms with van der Waals surface area (Å²) < 4.78 is 77.9. The minimum atomic E-state index is -3.40. The Balaban J connectivity index is 0.000000613. The number of rotatable bonds is 31. The third-order valence-electron chi connectivity index (χ3n) is 9.51. The van der Waals surface area contributed by atoms with E-state index in [4.69, 9.17) is 22.6 Å². The molecule has 0 heterocycles. The maximum absolute atomic E-state index is 11.7. The number of ether oxygens (including phenoxy) is 5. The molecule has 0 N–H and O–H groups in total. The highest BCUT2D eigenvalue weighted by Gasteiger charge is 2.13. The second-order valence-electron chi connectivity index (χ2n) is 14.5. The number of carbonyl (C=O) groups excluding carboxylic acids is 4.